The van der Waals surface area contributed by atoms with Crippen molar-refractivity contribution in [3.63, 3.8) is 0 Å². The molecule has 3 rings (SSSR count). The van der Waals surface area contributed by atoms with Gasteiger partial charge in [-0.1, -0.05) is 42.5 Å². The molecule has 1 aliphatic rings. The van der Waals surface area contributed by atoms with Gasteiger partial charge in [-0.25, -0.2) is 0 Å². The van der Waals surface area contributed by atoms with E-state index in [2.05, 4.69) is 22.3 Å². The lowest BCUT2D eigenvalue weighted by Gasteiger charge is -2.26. The van der Waals surface area contributed by atoms with Crippen LogP contribution in [0.25, 0.3) is 0 Å². The van der Waals surface area contributed by atoms with Gasteiger partial charge < -0.3 is 14.8 Å². The second-order valence-electron chi connectivity index (χ2n) is 6.50. The van der Waals surface area contributed by atoms with Gasteiger partial charge in [0.05, 0.1) is 13.2 Å². The van der Waals surface area contributed by atoms with Crippen molar-refractivity contribution >= 4 is 5.91 Å². The molecule has 1 fully saturated rings. The fourth-order valence-electron chi connectivity index (χ4n) is 2.95. The zero-order valence-electron chi connectivity index (χ0n) is 15.2. The average Bonchev–Trinajstić information content (AvgIpc) is 2.68. The number of para-hydroxylation sites is 1. The quantitative estimate of drug-likeness (QED) is 0.830. The van der Waals surface area contributed by atoms with Crippen LogP contribution in [0.3, 0.4) is 0 Å². The van der Waals surface area contributed by atoms with E-state index in [0.717, 1.165) is 38.4 Å². The number of nitrogens with one attached hydrogen (secondary N) is 1. The number of ether oxygens (including phenoxy) is 2. The highest BCUT2D eigenvalue weighted by Gasteiger charge is 2.14. The van der Waals surface area contributed by atoms with Crippen LogP contribution < -0.4 is 10.1 Å². The Morgan fingerprint density at radius 3 is 2.62 bits per heavy atom. The third-order valence-electron chi connectivity index (χ3n) is 4.39. The summed E-state index contributed by atoms with van der Waals surface area (Å²) in [5.41, 5.74) is 2.35. The lowest BCUT2D eigenvalue weighted by Crippen LogP contribution is -2.36. The van der Waals surface area contributed by atoms with Crippen LogP contribution in [0.4, 0.5) is 0 Å². The third-order valence-corrected chi connectivity index (χ3v) is 4.39. The van der Waals surface area contributed by atoms with Crippen molar-refractivity contribution in [1.29, 1.82) is 0 Å². The summed E-state index contributed by atoms with van der Waals surface area (Å²) in [6.45, 7) is 6.71. The number of amides is 1. The molecule has 1 N–H and O–H groups in total. The van der Waals surface area contributed by atoms with E-state index in [9.17, 15) is 4.79 Å². The van der Waals surface area contributed by atoms with Gasteiger partial charge in [-0.05, 0) is 30.2 Å². The lowest BCUT2D eigenvalue weighted by molar-refractivity contribution is -0.127. The lowest BCUT2D eigenvalue weighted by atomic mass is 10.1. The predicted octanol–water partition coefficient (Wildman–Crippen LogP) is 2.60. The summed E-state index contributed by atoms with van der Waals surface area (Å²) in [6.07, 6.45) is -0.533. The molecule has 0 aliphatic carbocycles. The molecule has 0 radical (unpaired) electrons. The Morgan fingerprint density at radius 2 is 1.85 bits per heavy atom. The fraction of sp³-hybridized carbons (Fsp3) is 0.381. The van der Waals surface area contributed by atoms with Crippen molar-refractivity contribution in [3.05, 3.63) is 65.7 Å². The van der Waals surface area contributed by atoms with E-state index in [1.807, 2.05) is 42.5 Å². The molecule has 1 atom stereocenters. The van der Waals surface area contributed by atoms with E-state index in [1.54, 1.807) is 6.92 Å². The van der Waals surface area contributed by atoms with Crippen LogP contribution in [0, 0.1) is 0 Å². The number of carbonyl (C=O) groups is 1. The molecule has 138 valence electrons. The first-order valence-electron chi connectivity index (χ1n) is 9.08. The molecule has 2 aromatic carbocycles. The Balaban J connectivity index is 1.49. The highest BCUT2D eigenvalue weighted by atomic mass is 16.5. The maximum absolute atomic E-state index is 12.3. The zero-order valence-corrected chi connectivity index (χ0v) is 15.2. The van der Waals surface area contributed by atoms with E-state index < -0.39 is 6.10 Å². The zero-order chi connectivity index (χ0) is 18.2. The standard InChI is InChI=1S/C21H26N2O3/c1-17(26-20-8-3-2-4-9-20)21(24)22-15-18-6-5-7-19(14-18)16-23-10-12-25-13-11-23/h2-9,14,17H,10-13,15-16H2,1H3,(H,22,24)/t17-/m0/s1. The van der Waals surface area contributed by atoms with Gasteiger partial charge in [-0.15, -0.1) is 0 Å². The average molecular weight is 354 g/mol. The molecule has 2 aromatic rings. The third kappa shape index (κ3) is 5.58. The molecule has 0 bridgehead atoms. The SMILES string of the molecule is C[C@H](Oc1ccccc1)C(=O)NCc1cccc(CN2CCOCC2)c1. The van der Waals surface area contributed by atoms with E-state index in [4.69, 9.17) is 9.47 Å². The monoisotopic (exact) mass is 354 g/mol. The first-order chi connectivity index (χ1) is 12.7. The molecule has 1 heterocycles. The van der Waals surface area contributed by atoms with Crippen molar-refractivity contribution in [3.8, 4) is 5.75 Å². The summed E-state index contributed by atoms with van der Waals surface area (Å²) in [6, 6.07) is 17.7. The number of benzene rings is 2. The number of hydrogen-bond donors (Lipinski definition) is 1. The van der Waals surface area contributed by atoms with E-state index >= 15 is 0 Å². The summed E-state index contributed by atoms with van der Waals surface area (Å²) in [7, 11) is 0. The summed E-state index contributed by atoms with van der Waals surface area (Å²) in [4.78, 5) is 14.7. The second kappa shape index (κ2) is 9.36. The van der Waals surface area contributed by atoms with Gasteiger partial charge in [0, 0.05) is 26.2 Å². The molecular formula is C21H26N2O3. The van der Waals surface area contributed by atoms with E-state index in [0.29, 0.717) is 12.3 Å². The number of rotatable bonds is 7. The van der Waals surface area contributed by atoms with Crippen LogP contribution >= 0.6 is 0 Å². The topological polar surface area (TPSA) is 50.8 Å². The van der Waals surface area contributed by atoms with Gasteiger partial charge in [-0.3, -0.25) is 9.69 Å². The van der Waals surface area contributed by atoms with Gasteiger partial charge in [0.1, 0.15) is 5.75 Å². The maximum atomic E-state index is 12.3. The van der Waals surface area contributed by atoms with Crippen molar-refractivity contribution in [2.75, 3.05) is 26.3 Å². The van der Waals surface area contributed by atoms with Crippen molar-refractivity contribution in [2.45, 2.75) is 26.1 Å². The molecule has 1 aliphatic heterocycles. The summed E-state index contributed by atoms with van der Waals surface area (Å²) < 4.78 is 11.0. The normalized spacial score (nSPS) is 16.0. The minimum absolute atomic E-state index is 0.118. The Labute approximate surface area is 154 Å². The summed E-state index contributed by atoms with van der Waals surface area (Å²) in [5.74, 6) is 0.579. The first-order valence-corrected chi connectivity index (χ1v) is 9.08. The summed E-state index contributed by atoms with van der Waals surface area (Å²) >= 11 is 0. The first kappa shape index (κ1) is 18.4. The van der Waals surface area contributed by atoms with Crippen molar-refractivity contribution in [1.82, 2.24) is 10.2 Å². The van der Waals surface area contributed by atoms with Crippen LogP contribution in [0.2, 0.25) is 0 Å². The van der Waals surface area contributed by atoms with Gasteiger partial charge in [0.25, 0.3) is 5.91 Å². The van der Waals surface area contributed by atoms with Crippen LogP contribution in [0.1, 0.15) is 18.1 Å². The molecule has 5 nitrogen and oxygen atoms in total. The highest BCUT2D eigenvalue weighted by molar-refractivity contribution is 5.80. The second-order valence-corrected chi connectivity index (χ2v) is 6.50. The number of morpholine rings is 1. The molecule has 26 heavy (non-hydrogen) atoms. The van der Waals surface area contributed by atoms with Crippen molar-refractivity contribution in [2.24, 2.45) is 0 Å². The maximum Gasteiger partial charge on any atom is 0.261 e. The Hall–Kier alpha value is -2.37. The molecular weight excluding hydrogens is 328 g/mol. The van der Waals surface area contributed by atoms with Crippen LogP contribution in [0.15, 0.2) is 54.6 Å². The molecule has 5 heteroatoms. The van der Waals surface area contributed by atoms with Gasteiger partial charge >= 0.3 is 0 Å². The van der Waals surface area contributed by atoms with Crippen LogP contribution in [-0.2, 0) is 22.6 Å². The van der Waals surface area contributed by atoms with E-state index in [1.165, 1.54) is 5.56 Å². The Kier molecular flexibility index (Phi) is 6.63. The Morgan fingerprint density at radius 1 is 1.12 bits per heavy atom. The van der Waals surface area contributed by atoms with E-state index in [-0.39, 0.29) is 5.91 Å². The smallest absolute Gasteiger partial charge is 0.261 e. The molecule has 1 saturated heterocycles. The highest BCUT2D eigenvalue weighted by Crippen LogP contribution is 2.12. The number of carbonyl (C=O) groups excluding carboxylic acids is 1. The van der Waals surface area contributed by atoms with Crippen LogP contribution in [-0.4, -0.2) is 43.2 Å². The minimum atomic E-state index is -0.533. The van der Waals surface area contributed by atoms with Gasteiger partial charge in [-0.2, -0.15) is 0 Å². The van der Waals surface area contributed by atoms with Crippen LogP contribution in [0.5, 0.6) is 5.75 Å². The molecule has 0 saturated carbocycles. The largest absolute Gasteiger partial charge is 0.481 e. The molecule has 0 unspecified atom stereocenters. The molecule has 1 amide bonds. The Bertz CT molecular complexity index is 699. The summed E-state index contributed by atoms with van der Waals surface area (Å²) in [5, 5.41) is 2.95. The number of nitrogens with zero attached hydrogens (tertiary/aromatic N) is 1. The predicted molar refractivity (Wildman–Crippen MR) is 101 cm³/mol. The van der Waals surface area contributed by atoms with Crippen molar-refractivity contribution < 1.29 is 14.3 Å². The molecule has 0 aromatic heterocycles. The van der Waals surface area contributed by atoms with Gasteiger partial charge in [0.2, 0.25) is 0 Å². The molecule has 0 spiro atoms. The minimum Gasteiger partial charge on any atom is -0.481 e. The fourth-order valence-corrected chi connectivity index (χ4v) is 2.95. The van der Waals surface area contributed by atoms with Gasteiger partial charge in [0.15, 0.2) is 6.10 Å². The number of hydrogen-bond acceptors (Lipinski definition) is 4.